The molecule has 0 spiro atoms. The minimum absolute atomic E-state index is 0.0539. The fourth-order valence-electron chi connectivity index (χ4n) is 4.98. The quantitative estimate of drug-likeness (QED) is 0.386. The molecule has 3 aromatic rings. The molecule has 0 atom stereocenters. The summed E-state index contributed by atoms with van der Waals surface area (Å²) in [4.78, 5) is 18.2. The first-order valence-electron chi connectivity index (χ1n) is 12.0. The average molecular weight is 450 g/mol. The third-order valence-corrected chi connectivity index (χ3v) is 7.61. The third-order valence-electron chi connectivity index (χ3n) is 6.72. The van der Waals surface area contributed by atoms with Crippen LogP contribution >= 0.6 is 11.3 Å². The summed E-state index contributed by atoms with van der Waals surface area (Å²) < 4.78 is 2.44. The molecule has 1 fully saturated rings. The third kappa shape index (κ3) is 4.54. The van der Waals surface area contributed by atoms with Crippen LogP contribution in [0.4, 0.5) is 0 Å². The molecule has 0 unspecified atom stereocenters. The van der Waals surface area contributed by atoms with Crippen LogP contribution < -0.4 is 5.32 Å². The maximum atomic E-state index is 13.2. The van der Waals surface area contributed by atoms with Crippen LogP contribution in [0.3, 0.4) is 0 Å². The summed E-state index contributed by atoms with van der Waals surface area (Å²) in [7, 11) is 0. The Balaban J connectivity index is 1.77. The van der Waals surface area contributed by atoms with Gasteiger partial charge in [-0.05, 0) is 45.6 Å². The van der Waals surface area contributed by atoms with Crippen molar-refractivity contribution in [1.29, 1.82) is 0 Å². The van der Waals surface area contributed by atoms with Gasteiger partial charge in [-0.2, -0.15) is 0 Å². The van der Waals surface area contributed by atoms with Gasteiger partial charge in [-0.25, -0.2) is 4.98 Å². The standard InChI is InChI=1S/C27H35N3OS/c1-5-6-16-28-26(31)24-19(3)25(30(20(24)4)22-10-8-7-9-11-22)23-17-32-27(29-23)21-14-12-18(2)13-15-21/h12-15,17,22H,5-11,16H2,1-4H3,(H,28,31). The van der Waals surface area contributed by atoms with E-state index in [2.05, 4.69) is 67.2 Å². The number of aromatic nitrogens is 2. The molecule has 0 aliphatic heterocycles. The van der Waals surface area contributed by atoms with Crippen molar-refractivity contribution in [2.45, 2.75) is 78.7 Å². The summed E-state index contributed by atoms with van der Waals surface area (Å²) >= 11 is 1.68. The monoisotopic (exact) mass is 449 g/mol. The van der Waals surface area contributed by atoms with Crippen molar-refractivity contribution in [3.05, 3.63) is 52.0 Å². The zero-order valence-corrected chi connectivity index (χ0v) is 20.6. The number of thiazole rings is 1. The lowest BCUT2D eigenvalue weighted by atomic mass is 9.95. The number of rotatable bonds is 7. The van der Waals surface area contributed by atoms with Gasteiger partial charge in [0.05, 0.1) is 17.0 Å². The lowest BCUT2D eigenvalue weighted by Crippen LogP contribution is -2.25. The predicted molar refractivity (Wildman–Crippen MR) is 135 cm³/mol. The molecule has 4 nitrogen and oxygen atoms in total. The molecule has 5 heteroatoms. The van der Waals surface area contributed by atoms with E-state index in [0.717, 1.165) is 58.2 Å². The van der Waals surface area contributed by atoms with E-state index >= 15 is 0 Å². The molecule has 1 saturated carbocycles. The van der Waals surface area contributed by atoms with Gasteiger partial charge in [0.1, 0.15) is 5.01 Å². The molecule has 0 bridgehead atoms. The van der Waals surface area contributed by atoms with Crippen molar-refractivity contribution >= 4 is 17.2 Å². The first-order valence-corrected chi connectivity index (χ1v) is 12.9. The fourth-order valence-corrected chi connectivity index (χ4v) is 5.79. The molecule has 0 saturated heterocycles. The number of aryl methyl sites for hydroxylation is 1. The van der Waals surface area contributed by atoms with Crippen LogP contribution in [0.15, 0.2) is 29.6 Å². The largest absolute Gasteiger partial charge is 0.352 e. The van der Waals surface area contributed by atoms with Crippen molar-refractivity contribution in [3.8, 4) is 22.0 Å². The van der Waals surface area contributed by atoms with Crippen LogP contribution in [0, 0.1) is 20.8 Å². The minimum Gasteiger partial charge on any atom is -0.352 e. The summed E-state index contributed by atoms with van der Waals surface area (Å²) in [6.45, 7) is 9.20. The number of hydrogen-bond donors (Lipinski definition) is 1. The molecule has 1 N–H and O–H groups in total. The Hall–Kier alpha value is -2.40. The van der Waals surface area contributed by atoms with Gasteiger partial charge >= 0.3 is 0 Å². The van der Waals surface area contributed by atoms with E-state index in [1.54, 1.807) is 11.3 Å². The number of nitrogens with one attached hydrogen (secondary N) is 1. The minimum atomic E-state index is 0.0539. The predicted octanol–water partition coefficient (Wildman–Crippen LogP) is 7.24. The average Bonchev–Trinajstić information content (AvgIpc) is 3.37. The zero-order valence-electron chi connectivity index (χ0n) is 19.8. The molecule has 1 aliphatic rings. The van der Waals surface area contributed by atoms with Gasteiger partial charge in [0.2, 0.25) is 0 Å². The Morgan fingerprint density at radius 2 is 1.84 bits per heavy atom. The lowest BCUT2D eigenvalue weighted by molar-refractivity contribution is 0.0951. The SMILES string of the molecule is CCCCNC(=O)c1c(C)c(-c2csc(-c3ccc(C)cc3)n2)n(C2CCCCC2)c1C. The van der Waals surface area contributed by atoms with Crippen molar-refractivity contribution in [2.24, 2.45) is 0 Å². The van der Waals surface area contributed by atoms with Crippen LogP contribution in [0.1, 0.15) is 85.1 Å². The zero-order chi connectivity index (χ0) is 22.7. The number of carbonyl (C=O) groups excluding carboxylic acids is 1. The summed E-state index contributed by atoms with van der Waals surface area (Å²) in [5.41, 5.74) is 7.50. The van der Waals surface area contributed by atoms with Crippen LogP contribution in [-0.4, -0.2) is 22.0 Å². The van der Waals surface area contributed by atoms with Gasteiger partial charge in [0.25, 0.3) is 5.91 Å². The molecular formula is C27H35N3OS. The number of nitrogens with zero attached hydrogens (tertiary/aromatic N) is 2. The highest BCUT2D eigenvalue weighted by Crippen LogP contribution is 2.40. The summed E-state index contributed by atoms with van der Waals surface area (Å²) in [6, 6.07) is 9.00. The summed E-state index contributed by atoms with van der Waals surface area (Å²) in [5, 5.41) is 6.33. The topological polar surface area (TPSA) is 46.9 Å². The molecular weight excluding hydrogens is 414 g/mol. The van der Waals surface area contributed by atoms with Gasteiger partial charge in [-0.1, -0.05) is 62.4 Å². The number of carbonyl (C=O) groups is 1. The molecule has 1 aromatic carbocycles. The van der Waals surface area contributed by atoms with Gasteiger partial charge in [0.15, 0.2) is 0 Å². The second-order valence-electron chi connectivity index (χ2n) is 9.11. The number of benzene rings is 1. The van der Waals surface area contributed by atoms with Gasteiger partial charge in [0, 0.05) is 29.2 Å². The number of unbranched alkanes of at least 4 members (excludes halogenated alkanes) is 1. The van der Waals surface area contributed by atoms with Crippen molar-refractivity contribution in [1.82, 2.24) is 14.9 Å². The highest BCUT2D eigenvalue weighted by molar-refractivity contribution is 7.13. The first-order chi connectivity index (χ1) is 15.5. The van der Waals surface area contributed by atoms with Crippen molar-refractivity contribution < 1.29 is 4.79 Å². The Labute approximate surface area is 196 Å². The lowest BCUT2D eigenvalue weighted by Gasteiger charge is -2.27. The summed E-state index contributed by atoms with van der Waals surface area (Å²) in [5.74, 6) is 0.0539. The van der Waals surface area contributed by atoms with Crippen molar-refractivity contribution in [2.75, 3.05) is 6.54 Å². The molecule has 4 rings (SSSR count). The normalized spacial score (nSPS) is 14.6. The smallest absolute Gasteiger partial charge is 0.253 e. The fraction of sp³-hybridized carbons (Fsp3) is 0.481. The second kappa shape index (κ2) is 10.0. The van der Waals surface area contributed by atoms with Gasteiger partial charge in [-0.3, -0.25) is 4.79 Å². The van der Waals surface area contributed by atoms with E-state index in [4.69, 9.17) is 4.98 Å². The maximum absolute atomic E-state index is 13.2. The molecule has 1 amide bonds. The Bertz CT molecular complexity index is 1070. The second-order valence-corrected chi connectivity index (χ2v) is 9.97. The summed E-state index contributed by atoms with van der Waals surface area (Å²) in [6.07, 6.45) is 8.25. The highest BCUT2D eigenvalue weighted by atomic mass is 32.1. The van der Waals surface area contributed by atoms with E-state index in [1.807, 2.05) is 0 Å². The molecule has 32 heavy (non-hydrogen) atoms. The van der Waals surface area contributed by atoms with Crippen LogP contribution in [0.2, 0.25) is 0 Å². The van der Waals surface area contributed by atoms with Crippen LogP contribution in [-0.2, 0) is 0 Å². The van der Waals surface area contributed by atoms with Crippen LogP contribution in [0.25, 0.3) is 22.0 Å². The van der Waals surface area contributed by atoms with Crippen LogP contribution in [0.5, 0.6) is 0 Å². The van der Waals surface area contributed by atoms with E-state index in [0.29, 0.717) is 6.04 Å². The maximum Gasteiger partial charge on any atom is 0.253 e. The van der Waals surface area contributed by atoms with Gasteiger partial charge < -0.3 is 9.88 Å². The van der Waals surface area contributed by atoms with E-state index in [-0.39, 0.29) is 5.91 Å². The molecule has 1 aliphatic carbocycles. The molecule has 2 aromatic heterocycles. The van der Waals surface area contributed by atoms with E-state index in [1.165, 1.54) is 37.7 Å². The van der Waals surface area contributed by atoms with Crippen molar-refractivity contribution in [3.63, 3.8) is 0 Å². The Morgan fingerprint density at radius 3 is 2.53 bits per heavy atom. The molecule has 170 valence electrons. The highest BCUT2D eigenvalue weighted by Gasteiger charge is 2.29. The Morgan fingerprint density at radius 1 is 1.12 bits per heavy atom. The van der Waals surface area contributed by atoms with E-state index in [9.17, 15) is 4.79 Å². The number of amides is 1. The Kier molecular flexibility index (Phi) is 7.14. The number of hydrogen-bond acceptors (Lipinski definition) is 3. The molecule has 2 heterocycles. The van der Waals surface area contributed by atoms with Gasteiger partial charge in [-0.15, -0.1) is 11.3 Å². The van der Waals surface area contributed by atoms with E-state index < -0.39 is 0 Å². The molecule has 0 radical (unpaired) electrons. The first kappa shape index (κ1) is 22.8.